The van der Waals surface area contributed by atoms with Gasteiger partial charge in [-0.1, -0.05) is 163 Å². The van der Waals surface area contributed by atoms with Crippen LogP contribution in [0, 0.1) is 51.4 Å². The number of ketones is 1. The Labute approximate surface area is 429 Å². The first-order valence-corrected chi connectivity index (χ1v) is 26.0. The van der Waals surface area contributed by atoms with Crippen LogP contribution in [0.4, 0.5) is 34.1 Å². The largest absolute Gasteiger partial charge is 0.871 e. The molecule has 2 amide bonds. The summed E-state index contributed by atoms with van der Waals surface area (Å²) in [5.41, 5.74) is 11.1. The molecule has 0 fully saturated rings. The van der Waals surface area contributed by atoms with Crippen LogP contribution >= 0.6 is 0 Å². The Morgan fingerprint density at radius 1 is 0.556 bits per heavy atom. The predicted octanol–water partition coefficient (Wildman–Crippen LogP) is 14.5. The number of Topliss-reactive ketones (excluding diaryl/α,β-unsaturated/α-hetero) is 1. The van der Waals surface area contributed by atoms with Gasteiger partial charge in [-0.2, -0.15) is 4.58 Å². The van der Waals surface area contributed by atoms with Gasteiger partial charge in [0.15, 0.2) is 5.78 Å². The lowest BCUT2D eigenvalue weighted by molar-refractivity contribution is -0.297. The van der Waals surface area contributed by atoms with Gasteiger partial charge in [-0.25, -0.2) is 0 Å². The van der Waals surface area contributed by atoms with Gasteiger partial charge in [0.05, 0.1) is 11.4 Å². The molecular formula is C64H74N4O4. The van der Waals surface area contributed by atoms with Crippen molar-refractivity contribution in [2.24, 2.45) is 23.7 Å². The maximum absolute atomic E-state index is 14.9. The molecule has 2 atom stereocenters. The van der Waals surface area contributed by atoms with Gasteiger partial charge in [0.1, 0.15) is 0 Å². The monoisotopic (exact) mass is 963 g/mol. The molecule has 2 unspecified atom stereocenters. The van der Waals surface area contributed by atoms with Crippen LogP contribution in [-0.4, -0.2) is 23.3 Å². The second kappa shape index (κ2) is 23.9. The molecule has 5 aromatic rings. The maximum Gasteiger partial charge on any atom is 0.224 e. The molecule has 5 aromatic carbocycles. The summed E-state index contributed by atoms with van der Waals surface area (Å²) in [6.45, 7) is 21.2. The Hall–Kier alpha value is -7.06. The van der Waals surface area contributed by atoms with Gasteiger partial charge < -0.3 is 20.6 Å². The lowest BCUT2D eigenvalue weighted by Crippen LogP contribution is -2.34. The predicted molar refractivity (Wildman–Crippen MR) is 297 cm³/mol. The first kappa shape index (κ1) is 52.8. The first-order valence-electron chi connectivity index (χ1n) is 26.0. The van der Waals surface area contributed by atoms with Gasteiger partial charge in [0.2, 0.25) is 28.9 Å². The van der Waals surface area contributed by atoms with Crippen molar-refractivity contribution >= 4 is 63.0 Å². The summed E-state index contributed by atoms with van der Waals surface area (Å²) >= 11 is 0. The molecule has 0 bridgehead atoms. The molecular weight excluding hydrogens is 889 g/mol. The van der Waals surface area contributed by atoms with E-state index < -0.39 is 11.5 Å². The van der Waals surface area contributed by atoms with E-state index in [1.54, 1.807) is 12.1 Å². The van der Waals surface area contributed by atoms with Crippen LogP contribution < -0.4 is 25.2 Å². The van der Waals surface area contributed by atoms with Crippen molar-refractivity contribution in [3.63, 3.8) is 0 Å². The van der Waals surface area contributed by atoms with E-state index in [-0.39, 0.29) is 34.8 Å². The summed E-state index contributed by atoms with van der Waals surface area (Å²) in [4.78, 5) is 45.0. The number of allylic oxidation sites excluding steroid dienone is 5. The minimum Gasteiger partial charge on any atom is -0.871 e. The summed E-state index contributed by atoms with van der Waals surface area (Å²) < 4.78 is 2.11. The Kier molecular flexibility index (Phi) is 17.5. The summed E-state index contributed by atoms with van der Waals surface area (Å²) in [6.07, 6.45) is 12.2. The van der Waals surface area contributed by atoms with E-state index in [0.29, 0.717) is 47.2 Å². The highest BCUT2D eigenvalue weighted by molar-refractivity contribution is 6.40. The summed E-state index contributed by atoms with van der Waals surface area (Å²) in [5.74, 6) is 0.191. The molecule has 0 saturated carbocycles. The molecule has 0 aliphatic heterocycles. The SMILES string of the molecule is Cc1ccc(N(c2ccc(C)cc2)c2ccc(C3=C([O-])/C(=C4/C=CC(=[N+](c5ccc(C)cc5)c5ccc(C)cc5)C=C4NC(=O)CC(C)CCCC(C)C)C3=O)c(NC(=O)CC(C)CCCC(C)C)c2)cc1. The number of rotatable bonds is 20. The lowest BCUT2D eigenvalue weighted by atomic mass is 9.78. The smallest absolute Gasteiger partial charge is 0.224 e. The van der Waals surface area contributed by atoms with Crippen molar-refractivity contribution in [2.75, 3.05) is 10.2 Å². The number of nitrogens with zero attached hydrogens (tertiary/aromatic N) is 2. The van der Waals surface area contributed by atoms with Gasteiger partial charge in [0, 0.05) is 88.6 Å². The molecule has 0 aromatic heterocycles. The molecule has 0 saturated heterocycles. The zero-order chi connectivity index (χ0) is 51.6. The van der Waals surface area contributed by atoms with E-state index in [1.165, 1.54) is 0 Å². The van der Waals surface area contributed by atoms with Crippen molar-refractivity contribution in [2.45, 2.75) is 121 Å². The van der Waals surface area contributed by atoms with Crippen LogP contribution in [0.2, 0.25) is 0 Å². The number of hydrogen-bond acceptors (Lipinski definition) is 5. The van der Waals surface area contributed by atoms with Crippen molar-refractivity contribution < 1.29 is 19.5 Å². The highest BCUT2D eigenvalue weighted by Crippen LogP contribution is 2.44. The fraction of sp³-hybridized carbons (Fsp3) is 0.344. The van der Waals surface area contributed by atoms with Gasteiger partial charge in [0.25, 0.3) is 0 Å². The Morgan fingerprint density at radius 3 is 1.46 bits per heavy atom. The fourth-order valence-corrected chi connectivity index (χ4v) is 9.53. The van der Waals surface area contributed by atoms with E-state index in [2.05, 4.69) is 186 Å². The Balaban J connectivity index is 1.34. The highest BCUT2D eigenvalue weighted by Gasteiger charge is 2.35. The molecule has 7 rings (SSSR count). The molecule has 2 aliphatic carbocycles. The van der Waals surface area contributed by atoms with Crippen molar-refractivity contribution in [1.82, 2.24) is 9.89 Å². The van der Waals surface area contributed by atoms with E-state index in [1.807, 2.05) is 24.3 Å². The fourth-order valence-electron chi connectivity index (χ4n) is 9.53. The van der Waals surface area contributed by atoms with Crippen LogP contribution in [-0.2, 0) is 14.4 Å². The van der Waals surface area contributed by atoms with Gasteiger partial charge in [-0.15, -0.1) is 0 Å². The summed E-state index contributed by atoms with van der Waals surface area (Å²) in [5, 5.41) is 21.2. The van der Waals surface area contributed by atoms with Crippen LogP contribution in [0.15, 0.2) is 156 Å². The van der Waals surface area contributed by atoms with Crippen LogP contribution in [0.3, 0.4) is 0 Å². The van der Waals surface area contributed by atoms with Gasteiger partial charge in [-0.3, -0.25) is 14.4 Å². The van der Waals surface area contributed by atoms with E-state index in [9.17, 15) is 19.5 Å². The standard InChI is InChI=1S/C64H74N4O4/c1-41(2)13-11-15-47(9)37-59(69)65-57-39-53(67(49-25-17-43(5)18-26-49)50-27-19-44(6)20-28-50)33-35-55(57)61-63(71)62(64(61)72)56-36-34-54(40-58(56)66-60(70)38-48(10)16-12-14-42(3)4)68(51-29-21-45(7)22-30-51)52-31-23-46(8)24-32-52/h17-36,39-42,47-48H,11-16,37-38H2,1-10H3,(H2,65,66,69,70,71,72). The average molecular weight is 963 g/mol. The second-order valence-corrected chi connectivity index (χ2v) is 21.2. The lowest BCUT2D eigenvalue weighted by Gasteiger charge is -2.35. The molecule has 374 valence electrons. The molecule has 2 N–H and O–H groups in total. The molecule has 0 radical (unpaired) electrons. The number of amides is 2. The van der Waals surface area contributed by atoms with Crippen LogP contribution in [0.5, 0.6) is 0 Å². The molecule has 72 heavy (non-hydrogen) atoms. The third kappa shape index (κ3) is 13.3. The first-order chi connectivity index (χ1) is 34.4. The molecule has 2 aliphatic rings. The quantitative estimate of drug-likeness (QED) is 0.0597. The van der Waals surface area contributed by atoms with Gasteiger partial charge >= 0.3 is 0 Å². The number of carbonyl (C=O) groups excluding carboxylic acids is 3. The van der Waals surface area contributed by atoms with E-state index in [4.69, 9.17) is 0 Å². The van der Waals surface area contributed by atoms with Crippen molar-refractivity contribution in [1.29, 1.82) is 0 Å². The third-order valence-corrected chi connectivity index (χ3v) is 13.7. The number of benzene rings is 5. The zero-order valence-electron chi connectivity index (χ0n) is 44.2. The number of aryl methyl sites for hydroxylation is 4. The van der Waals surface area contributed by atoms with E-state index >= 15 is 0 Å². The minimum atomic E-state index is -0.446. The number of carbonyl (C=O) groups is 3. The third-order valence-electron chi connectivity index (χ3n) is 13.7. The zero-order valence-corrected chi connectivity index (χ0v) is 44.2. The molecule has 8 nitrogen and oxygen atoms in total. The number of anilines is 4. The van der Waals surface area contributed by atoms with Crippen LogP contribution in [0.25, 0.3) is 5.57 Å². The van der Waals surface area contributed by atoms with Crippen molar-refractivity contribution in [3.8, 4) is 0 Å². The summed E-state index contributed by atoms with van der Waals surface area (Å²) in [7, 11) is 0. The normalized spacial score (nSPS) is 15.4. The Bertz CT molecular complexity index is 2820. The molecule has 8 heteroatoms. The highest BCUT2D eigenvalue weighted by atomic mass is 16.3. The number of hydrogen-bond donors (Lipinski definition) is 2. The topological polar surface area (TPSA) is 105 Å². The Morgan fingerprint density at radius 2 is 1.00 bits per heavy atom. The molecule has 0 heterocycles. The molecule has 0 spiro atoms. The number of nitrogens with one attached hydrogen (secondary N) is 2. The van der Waals surface area contributed by atoms with Crippen molar-refractivity contribution in [3.05, 3.63) is 184 Å². The van der Waals surface area contributed by atoms with Gasteiger partial charge in [-0.05, 0) is 93.8 Å². The minimum absolute atomic E-state index is 0.00452. The summed E-state index contributed by atoms with van der Waals surface area (Å²) in [6, 6.07) is 38.5. The maximum atomic E-state index is 14.9. The average Bonchev–Trinajstić information content (AvgIpc) is 3.32. The van der Waals surface area contributed by atoms with E-state index in [0.717, 1.165) is 94.9 Å². The second-order valence-electron chi connectivity index (χ2n) is 21.2. The van der Waals surface area contributed by atoms with Crippen LogP contribution in [0.1, 0.15) is 121 Å².